The average molecular weight is 453 g/mol. The van der Waals surface area contributed by atoms with Crippen molar-refractivity contribution < 1.29 is 22.4 Å². The Balaban J connectivity index is 1.62. The molecular formula is C23H20FN3O4S. The summed E-state index contributed by atoms with van der Waals surface area (Å²) in [6.45, 7) is 0. The number of carbonyl (C=O) groups excluding carboxylic acids is 2. The summed E-state index contributed by atoms with van der Waals surface area (Å²) in [4.78, 5) is 24.5. The van der Waals surface area contributed by atoms with Gasteiger partial charge in [-0.1, -0.05) is 30.3 Å². The molecule has 164 valence electrons. The molecule has 1 aliphatic heterocycles. The maximum Gasteiger partial charge on any atom is 0.247 e. The second-order valence-corrected chi connectivity index (χ2v) is 9.04. The molecule has 0 saturated carbocycles. The van der Waals surface area contributed by atoms with E-state index >= 15 is 0 Å². The molecule has 1 heterocycles. The van der Waals surface area contributed by atoms with Crippen LogP contribution < -0.4 is 15.4 Å². The minimum Gasteiger partial charge on any atom is -0.326 e. The van der Waals surface area contributed by atoms with E-state index in [4.69, 9.17) is 0 Å². The lowest BCUT2D eigenvalue weighted by Crippen LogP contribution is -2.37. The fraction of sp³-hybridized carbons (Fsp3) is 0.130. The number of carbonyl (C=O) groups is 2. The SMILES string of the molecule is O=C1CCc2cc(S(=O)(=O)N[C@@H](C(=O)Nc3ccc(F)cc3)c3ccccc3)ccc2N1. The van der Waals surface area contributed by atoms with Gasteiger partial charge in [-0.05, 0) is 60.0 Å². The molecule has 0 bridgehead atoms. The number of fused-ring (bicyclic) bond motifs is 1. The Morgan fingerprint density at radius 3 is 2.41 bits per heavy atom. The van der Waals surface area contributed by atoms with Crippen molar-refractivity contribution in [2.45, 2.75) is 23.8 Å². The van der Waals surface area contributed by atoms with E-state index in [-0.39, 0.29) is 17.2 Å². The number of sulfonamides is 1. The van der Waals surface area contributed by atoms with Crippen LogP contribution in [0.2, 0.25) is 0 Å². The van der Waals surface area contributed by atoms with Gasteiger partial charge < -0.3 is 10.6 Å². The van der Waals surface area contributed by atoms with E-state index in [1.807, 2.05) is 0 Å². The molecule has 32 heavy (non-hydrogen) atoms. The standard InChI is InChI=1S/C23H20FN3O4S/c24-17-7-9-18(10-8-17)25-23(29)22(15-4-2-1-3-5-15)27-32(30,31)19-11-12-20-16(14-19)6-13-21(28)26-20/h1-5,7-12,14,22,27H,6,13H2,(H,25,29)(H,26,28)/t22-/m1/s1. The molecule has 0 saturated heterocycles. The van der Waals surface area contributed by atoms with Crippen LogP contribution >= 0.6 is 0 Å². The molecule has 0 fully saturated rings. The van der Waals surface area contributed by atoms with Crippen LogP contribution in [-0.2, 0) is 26.0 Å². The van der Waals surface area contributed by atoms with Crippen molar-refractivity contribution in [2.24, 2.45) is 0 Å². The average Bonchev–Trinajstić information content (AvgIpc) is 2.79. The van der Waals surface area contributed by atoms with E-state index in [1.54, 1.807) is 30.3 Å². The molecule has 1 aliphatic rings. The quantitative estimate of drug-likeness (QED) is 0.532. The molecule has 2 amide bonds. The molecule has 7 nitrogen and oxygen atoms in total. The summed E-state index contributed by atoms with van der Waals surface area (Å²) in [5.74, 6) is -1.18. The maximum atomic E-state index is 13.2. The Kier molecular flexibility index (Phi) is 6.02. The zero-order valence-electron chi connectivity index (χ0n) is 16.8. The van der Waals surface area contributed by atoms with Gasteiger partial charge in [0.2, 0.25) is 21.8 Å². The Bertz CT molecular complexity index is 1260. The van der Waals surface area contributed by atoms with Gasteiger partial charge in [0, 0.05) is 17.8 Å². The minimum atomic E-state index is -4.08. The minimum absolute atomic E-state index is 0.0112. The van der Waals surface area contributed by atoms with Crippen molar-refractivity contribution in [1.29, 1.82) is 0 Å². The number of anilines is 2. The molecule has 0 radical (unpaired) electrons. The zero-order chi connectivity index (χ0) is 22.7. The number of hydrogen-bond donors (Lipinski definition) is 3. The number of aryl methyl sites for hydroxylation is 1. The molecule has 0 aromatic heterocycles. The third-order valence-corrected chi connectivity index (χ3v) is 6.48. The van der Waals surface area contributed by atoms with Gasteiger partial charge in [0.15, 0.2) is 0 Å². The van der Waals surface area contributed by atoms with E-state index in [0.29, 0.717) is 28.9 Å². The Morgan fingerprint density at radius 1 is 0.969 bits per heavy atom. The first-order chi connectivity index (χ1) is 15.3. The molecule has 3 aromatic carbocycles. The first kappa shape index (κ1) is 21.7. The highest BCUT2D eigenvalue weighted by molar-refractivity contribution is 7.89. The predicted octanol–water partition coefficient (Wildman–Crippen LogP) is 3.37. The smallest absolute Gasteiger partial charge is 0.247 e. The molecule has 3 aromatic rings. The third-order valence-electron chi connectivity index (χ3n) is 5.06. The number of rotatable bonds is 6. The van der Waals surface area contributed by atoms with Gasteiger partial charge in [0.1, 0.15) is 11.9 Å². The zero-order valence-corrected chi connectivity index (χ0v) is 17.7. The highest BCUT2D eigenvalue weighted by atomic mass is 32.2. The van der Waals surface area contributed by atoms with Crippen LogP contribution in [-0.4, -0.2) is 20.2 Å². The number of nitrogens with one attached hydrogen (secondary N) is 3. The summed E-state index contributed by atoms with van der Waals surface area (Å²) < 4.78 is 41.9. The van der Waals surface area contributed by atoms with Crippen LogP contribution in [0.3, 0.4) is 0 Å². The van der Waals surface area contributed by atoms with Crippen LogP contribution in [0.5, 0.6) is 0 Å². The fourth-order valence-corrected chi connectivity index (χ4v) is 4.65. The maximum absolute atomic E-state index is 13.2. The third kappa shape index (κ3) is 4.84. The number of amides is 2. The Morgan fingerprint density at radius 2 is 1.69 bits per heavy atom. The predicted molar refractivity (Wildman–Crippen MR) is 118 cm³/mol. The van der Waals surface area contributed by atoms with Gasteiger partial charge in [-0.15, -0.1) is 0 Å². The van der Waals surface area contributed by atoms with Crippen LogP contribution in [0, 0.1) is 5.82 Å². The summed E-state index contributed by atoms with van der Waals surface area (Å²) in [7, 11) is -4.08. The van der Waals surface area contributed by atoms with E-state index in [2.05, 4.69) is 15.4 Å². The van der Waals surface area contributed by atoms with E-state index in [1.165, 1.54) is 42.5 Å². The Hall–Kier alpha value is -3.56. The van der Waals surface area contributed by atoms with Crippen LogP contribution in [0.15, 0.2) is 77.7 Å². The van der Waals surface area contributed by atoms with E-state index in [0.717, 1.165) is 0 Å². The first-order valence-electron chi connectivity index (χ1n) is 9.88. The lowest BCUT2D eigenvalue weighted by molar-refractivity contribution is -0.118. The number of halogens is 1. The molecule has 0 unspecified atom stereocenters. The summed E-state index contributed by atoms with van der Waals surface area (Å²) in [5.41, 5.74) is 2.07. The van der Waals surface area contributed by atoms with Gasteiger partial charge in [0.05, 0.1) is 4.90 Å². The highest BCUT2D eigenvalue weighted by Gasteiger charge is 2.28. The number of benzene rings is 3. The molecule has 0 aliphatic carbocycles. The molecule has 1 atom stereocenters. The summed E-state index contributed by atoms with van der Waals surface area (Å²) >= 11 is 0. The molecule has 0 spiro atoms. The van der Waals surface area contributed by atoms with Crippen molar-refractivity contribution in [3.63, 3.8) is 0 Å². The largest absolute Gasteiger partial charge is 0.326 e. The monoisotopic (exact) mass is 453 g/mol. The molecule has 3 N–H and O–H groups in total. The van der Waals surface area contributed by atoms with Crippen molar-refractivity contribution in [1.82, 2.24) is 4.72 Å². The molecular weight excluding hydrogens is 433 g/mol. The van der Waals surface area contributed by atoms with Gasteiger partial charge >= 0.3 is 0 Å². The lowest BCUT2D eigenvalue weighted by Gasteiger charge is -2.21. The summed E-state index contributed by atoms with van der Waals surface area (Å²) in [5, 5.41) is 5.33. The molecule has 4 rings (SSSR count). The van der Waals surface area contributed by atoms with Gasteiger partial charge in [-0.25, -0.2) is 12.8 Å². The van der Waals surface area contributed by atoms with Crippen LogP contribution in [0.4, 0.5) is 15.8 Å². The highest BCUT2D eigenvalue weighted by Crippen LogP contribution is 2.27. The van der Waals surface area contributed by atoms with Gasteiger partial charge in [-0.3, -0.25) is 9.59 Å². The second kappa shape index (κ2) is 8.89. The summed E-state index contributed by atoms with van der Waals surface area (Å²) in [6, 6.07) is 16.8. The van der Waals surface area contributed by atoms with Gasteiger partial charge in [-0.2, -0.15) is 4.72 Å². The summed E-state index contributed by atoms with van der Waals surface area (Å²) in [6.07, 6.45) is 0.703. The van der Waals surface area contributed by atoms with E-state index in [9.17, 15) is 22.4 Å². The van der Waals surface area contributed by atoms with Crippen LogP contribution in [0.25, 0.3) is 0 Å². The van der Waals surface area contributed by atoms with Crippen molar-refractivity contribution in [3.8, 4) is 0 Å². The van der Waals surface area contributed by atoms with E-state index < -0.39 is 27.8 Å². The van der Waals surface area contributed by atoms with Gasteiger partial charge in [0.25, 0.3) is 0 Å². The van der Waals surface area contributed by atoms with Crippen molar-refractivity contribution in [2.75, 3.05) is 10.6 Å². The second-order valence-electron chi connectivity index (χ2n) is 7.33. The lowest BCUT2D eigenvalue weighted by atomic mass is 10.0. The Labute approximate surface area is 184 Å². The first-order valence-corrected chi connectivity index (χ1v) is 11.4. The normalized spacial score (nSPS) is 14.2. The fourth-order valence-electron chi connectivity index (χ4n) is 3.42. The topological polar surface area (TPSA) is 104 Å². The number of hydrogen-bond acceptors (Lipinski definition) is 4. The molecule has 9 heteroatoms. The van der Waals surface area contributed by atoms with Crippen molar-refractivity contribution >= 4 is 33.2 Å². The van der Waals surface area contributed by atoms with Crippen LogP contribution in [0.1, 0.15) is 23.6 Å². The van der Waals surface area contributed by atoms with Crippen molar-refractivity contribution in [3.05, 3.63) is 89.7 Å².